The number of fused-ring (bicyclic) bond motifs is 1. The van der Waals surface area contributed by atoms with Crippen molar-refractivity contribution in [2.24, 2.45) is 0 Å². The maximum Gasteiger partial charge on any atom is 0.253 e. The molecule has 2 amide bonds. The normalized spacial score (nSPS) is 25.0. The van der Waals surface area contributed by atoms with E-state index in [1.807, 2.05) is 0 Å². The fourth-order valence-electron chi connectivity index (χ4n) is 5.54. The summed E-state index contributed by atoms with van der Waals surface area (Å²) in [7, 11) is 0. The summed E-state index contributed by atoms with van der Waals surface area (Å²) in [5, 5.41) is 34.3. The van der Waals surface area contributed by atoms with Crippen LogP contribution in [0.2, 0.25) is 0 Å². The van der Waals surface area contributed by atoms with Crippen LogP contribution in [-0.2, 0) is 14.3 Å². The fraction of sp³-hybridized carbons (Fsp3) is 0.742. The number of hydrogen-bond acceptors (Lipinski definition) is 7. The van der Waals surface area contributed by atoms with E-state index in [-0.39, 0.29) is 24.9 Å². The molecule has 0 spiro atoms. The first-order chi connectivity index (χ1) is 19.4. The lowest BCUT2D eigenvalue weighted by Crippen LogP contribution is -2.61. The van der Waals surface area contributed by atoms with Crippen LogP contribution in [0.3, 0.4) is 0 Å². The molecule has 40 heavy (non-hydrogen) atoms. The fourth-order valence-corrected chi connectivity index (χ4v) is 5.54. The van der Waals surface area contributed by atoms with Gasteiger partial charge in [-0.1, -0.05) is 103 Å². The molecule has 5 atom stereocenters. The van der Waals surface area contributed by atoms with E-state index in [0.717, 1.165) is 19.3 Å². The minimum Gasteiger partial charge on any atom is -0.388 e. The second kappa shape index (κ2) is 17.7. The highest BCUT2D eigenvalue weighted by molar-refractivity contribution is 6.09. The molecule has 0 aromatic heterocycles. The van der Waals surface area contributed by atoms with Gasteiger partial charge in [0.25, 0.3) is 5.91 Å². The molecule has 2 aliphatic rings. The second-order valence-electron chi connectivity index (χ2n) is 11.2. The van der Waals surface area contributed by atoms with Crippen molar-refractivity contribution < 1.29 is 34.4 Å². The number of nitrogens with zero attached hydrogens (tertiary/aromatic N) is 1. The van der Waals surface area contributed by atoms with E-state index in [1.54, 1.807) is 24.3 Å². The molecular formula is C31H50N2O7. The highest BCUT2D eigenvalue weighted by Crippen LogP contribution is 2.28. The first kappa shape index (κ1) is 32.5. The Labute approximate surface area is 239 Å². The molecule has 9 heteroatoms. The number of carbonyl (C=O) groups excluding carboxylic acids is 2. The number of rotatable bonds is 18. The first-order valence-corrected chi connectivity index (χ1v) is 15.4. The Morgan fingerprint density at radius 1 is 0.850 bits per heavy atom. The predicted octanol–water partition coefficient (Wildman–Crippen LogP) is 4.07. The molecule has 9 nitrogen and oxygen atoms in total. The highest BCUT2D eigenvalue weighted by Gasteiger charge is 2.46. The lowest BCUT2D eigenvalue weighted by Gasteiger charge is -2.42. The van der Waals surface area contributed by atoms with Gasteiger partial charge in [-0.2, -0.15) is 0 Å². The Morgan fingerprint density at radius 2 is 1.43 bits per heavy atom. The van der Waals surface area contributed by atoms with Gasteiger partial charge in [-0.25, -0.2) is 0 Å². The third-order valence-electron chi connectivity index (χ3n) is 7.97. The molecule has 2 aliphatic heterocycles. The quantitative estimate of drug-likeness (QED) is 0.199. The molecule has 3 rings (SSSR count). The molecule has 1 unspecified atom stereocenters. The molecule has 1 aromatic carbocycles. The van der Waals surface area contributed by atoms with Crippen molar-refractivity contribution in [3.05, 3.63) is 29.8 Å². The Morgan fingerprint density at radius 3 is 2.05 bits per heavy atom. The second-order valence-corrected chi connectivity index (χ2v) is 11.2. The Balaban J connectivity index is 1.36. The zero-order valence-corrected chi connectivity index (χ0v) is 24.1. The number of nitrogens with one attached hydrogen (secondary N) is 1. The number of benzene rings is 1. The van der Waals surface area contributed by atoms with Crippen molar-refractivity contribution in [3.63, 3.8) is 0 Å². The minimum atomic E-state index is -1.56. The average Bonchev–Trinajstić information content (AvgIpc) is 3.07. The number of anilines is 1. The molecule has 1 saturated heterocycles. The number of amides is 2. The Bertz CT molecular complexity index is 898. The van der Waals surface area contributed by atoms with Gasteiger partial charge in [0.1, 0.15) is 24.4 Å². The zero-order chi connectivity index (χ0) is 28.7. The molecule has 0 radical (unpaired) electrons. The van der Waals surface area contributed by atoms with Crippen molar-refractivity contribution in [2.75, 3.05) is 24.6 Å². The smallest absolute Gasteiger partial charge is 0.253 e. The number of unbranched alkanes of at least 4 members (excludes halogenated alkanes) is 13. The van der Waals surface area contributed by atoms with Gasteiger partial charge < -0.3 is 35.0 Å². The Kier molecular flexibility index (Phi) is 14.4. The van der Waals surface area contributed by atoms with E-state index in [9.17, 15) is 24.9 Å². The Hall–Kier alpha value is -2.04. The van der Waals surface area contributed by atoms with Gasteiger partial charge in [-0.3, -0.25) is 9.59 Å². The number of aliphatic hydroxyl groups is 3. The standard InChI is InChI=1S/C31H50N2O7/c1-2-3-4-5-6-7-8-9-10-11-12-13-14-17-20-39-29-27(35)25(40-31(38)28(29)36)22-33-24-19-16-15-18-23(24)30(37)32-21-26(33)34/h15-16,18-19,25,27-29,31,35-36,38H,2-14,17,20-22H2,1H3,(H,32,37)/t25-,27-,28-,29+,31?/m1/s1. The molecule has 4 N–H and O–H groups in total. The van der Waals surface area contributed by atoms with Crippen molar-refractivity contribution >= 4 is 17.5 Å². The van der Waals surface area contributed by atoms with Gasteiger partial charge in [0.2, 0.25) is 5.91 Å². The summed E-state index contributed by atoms with van der Waals surface area (Å²) < 4.78 is 11.3. The summed E-state index contributed by atoms with van der Waals surface area (Å²) in [4.78, 5) is 26.5. The largest absolute Gasteiger partial charge is 0.388 e. The molecule has 0 saturated carbocycles. The molecule has 0 bridgehead atoms. The van der Waals surface area contributed by atoms with Crippen LogP contribution < -0.4 is 10.2 Å². The number of carbonyl (C=O) groups is 2. The van der Waals surface area contributed by atoms with Crippen LogP contribution in [-0.4, -0.2) is 77.5 Å². The average molecular weight is 563 g/mol. The molecule has 1 aromatic rings. The van der Waals surface area contributed by atoms with Crippen molar-refractivity contribution in [3.8, 4) is 0 Å². The lowest BCUT2D eigenvalue weighted by molar-refractivity contribution is -0.287. The van der Waals surface area contributed by atoms with Crippen LogP contribution in [0, 0.1) is 0 Å². The van der Waals surface area contributed by atoms with Gasteiger partial charge in [-0.15, -0.1) is 0 Å². The summed E-state index contributed by atoms with van der Waals surface area (Å²) in [6, 6.07) is 6.70. The van der Waals surface area contributed by atoms with Crippen molar-refractivity contribution in [1.82, 2.24) is 5.32 Å². The maximum atomic E-state index is 12.8. The number of aliphatic hydroxyl groups excluding tert-OH is 3. The third kappa shape index (κ3) is 9.80. The number of para-hydroxylation sites is 1. The van der Waals surface area contributed by atoms with E-state index in [4.69, 9.17) is 9.47 Å². The molecular weight excluding hydrogens is 512 g/mol. The van der Waals surface area contributed by atoms with E-state index >= 15 is 0 Å². The summed E-state index contributed by atoms with van der Waals surface area (Å²) in [6.07, 6.45) is 11.2. The van der Waals surface area contributed by atoms with Crippen LogP contribution in [0.25, 0.3) is 0 Å². The van der Waals surface area contributed by atoms with E-state index in [0.29, 0.717) is 17.9 Å². The van der Waals surface area contributed by atoms with Gasteiger partial charge in [-0.05, 0) is 18.6 Å². The highest BCUT2D eigenvalue weighted by atomic mass is 16.6. The number of ether oxygens (including phenoxy) is 2. The molecule has 1 fully saturated rings. The summed E-state index contributed by atoms with van der Waals surface area (Å²) in [6.45, 7) is 2.30. The summed E-state index contributed by atoms with van der Waals surface area (Å²) in [5.41, 5.74) is 0.739. The SMILES string of the molecule is CCCCCCCCCCCCCCCCO[C@H]1[C@H](O)[C@@H](CN2C(=O)CNC(=O)c3ccccc32)OC(O)[C@@H]1O. The van der Waals surface area contributed by atoms with Crippen LogP contribution >= 0.6 is 0 Å². The first-order valence-electron chi connectivity index (χ1n) is 15.4. The molecule has 2 heterocycles. The van der Waals surface area contributed by atoms with Crippen molar-refractivity contribution in [1.29, 1.82) is 0 Å². The molecule has 226 valence electrons. The van der Waals surface area contributed by atoms with Crippen LogP contribution in [0.5, 0.6) is 0 Å². The monoisotopic (exact) mass is 562 g/mol. The van der Waals surface area contributed by atoms with E-state index in [2.05, 4.69) is 12.2 Å². The maximum absolute atomic E-state index is 12.8. The van der Waals surface area contributed by atoms with Gasteiger partial charge in [0.05, 0.1) is 24.3 Å². The van der Waals surface area contributed by atoms with Gasteiger partial charge >= 0.3 is 0 Å². The van der Waals surface area contributed by atoms with E-state index in [1.165, 1.54) is 75.5 Å². The van der Waals surface area contributed by atoms with E-state index < -0.39 is 30.7 Å². The third-order valence-corrected chi connectivity index (χ3v) is 7.97. The minimum absolute atomic E-state index is 0.103. The predicted molar refractivity (Wildman–Crippen MR) is 154 cm³/mol. The van der Waals surface area contributed by atoms with Gasteiger partial charge in [0, 0.05) is 6.61 Å². The van der Waals surface area contributed by atoms with Gasteiger partial charge in [0.15, 0.2) is 6.29 Å². The number of hydrogen-bond donors (Lipinski definition) is 4. The topological polar surface area (TPSA) is 129 Å². The summed E-state index contributed by atoms with van der Waals surface area (Å²) in [5.74, 6) is -0.726. The molecule has 0 aliphatic carbocycles. The van der Waals surface area contributed by atoms with Crippen LogP contribution in [0.4, 0.5) is 5.69 Å². The van der Waals surface area contributed by atoms with Crippen LogP contribution in [0.1, 0.15) is 107 Å². The summed E-state index contributed by atoms with van der Waals surface area (Å²) >= 11 is 0. The zero-order valence-electron chi connectivity index (χ0n) is 24.1. The lowest BCUT2D eigenvalue weighted by atomic mass is 9.97. The van der Waals surface area contributed by atoms with Crippen LogP contribution in [0.15, 0.2) is 24.3 Å². The van der Waals surface area contributed by atoms with Crippen molar-refractivity contribution in [2.45, 2.75) is 128 Å².